The zero-order chi connectivity index (χ0) is 22.3. The van der Waals surface area contributed by atoms with Crippen LogP contribution in [0.15, 0.2) is 29.0 Å². The molecule has 8 heteroatoms. The van der Waals surface area contributed by atoms with Crippen molar-refractivity contribution in [2.24, 2.45) is 16.8 Å². The van der Waals surface area contributed by atoms with Crippen LogP contribution in [-0.2, 0) is 19.9 Å². The van der Waals surface area contributed by atoms with Crippen LogP contribution in [0.5, 0.6) is 5.75 Å². The number of esters is 1. The first-order valence-electron chi connectivity index (χ1n) is 10.6. The van der Waals surface area contributed by atoms with E-state index in [2.05, 4.69) is 11.8 Å². The molecule has 4 atom stereocenters. The molecular formula is C23H29FN2O5. The molecule has 1 aromatic carbocycles. The van der Waals surface area contributed by atoms with E-state index in [1.54, 1.807) is 6.07 Å². The predicted molar refractivity (Wildman–Crippen MR) is 113 cm³/mol. The molecule has 2 saturated heterocycles. The van der Waals surface area contributed by atoms with Crippen LogP contribution in [0.4, 0.5) is 10.1 Å². The molecule has 1 N–H and O–H groups in total. The molecule has 0 spiro atoms. The van der Waals surface area contributed by atoms with Gasteiger partial charge in [0.25, 0.3) is 0 Å². The lowest BCUT2D eigenvalue weighted by atomic mass is 9.70. The third-order valence-electron chi connectivity index (χ3n) is 6.99. The number of hydrogen-bond donors (Lipinski definition) is 1. The van der Waals surface area contributed by atoms with Gasteiger partial charge in [-0.3, -0.25) is 9.89 Å². The number of nitrogens with zero attached hydrogens (tertiary/aromatic N) is 2. The van der Waals surface area contributed by atoms with Crippen LogP contribution < -0.4 is 4.74 Å². The smallest absolute Gasteiger partial charge is 0.337 e. The number of aliphatic imine (C=N–C) groups is 1. The van der Waals surface area contributed by atoms with Gasteiger partial charge in [0.05, 0.1) is 56.2 Å². The van der Waals surface area contributed by atoms with Crippen molar-refractivity contribution < 1.29 is 28.5 Å². The van der Waals surface area contributed by atoms with E-state index >= 15 is 0 Å². The lowest BCUT2D eigenvalue weighted by Crippen LogP contribution is -2.60. The van der Waals surface area contributed by atoms with Crippen molar-refractivity contribution in [2.45, 2.75) is 37.8 Å². The van der Waals surface area contributed by atoms with Gasteiger partial charge in [0.15, 0.2) is 11.6 Å². The first-order chi connectivity index (χ1) is 14.9. The standard InChI is InChI=1S/C23H29FN2O5/c1-5-13-11-26-9-8-23(28)19-17(7-6-16(24)20(19)30-3)25-21(23)18(26)10-14(13)15(12-29-2)22(27)31-4/h6-7,12-14,18,28H,5,8-11H2,1-4H3/b15-12+/t13-,14+,18+,23+/m1/s1. The summed E-state index contributed by atoms with van der Waals surface area (Å²) in [7, 11) is 4.27. The third-order valence-corrected chi connectivity index (χ3v) is 6.99. The SMILES string of the molecule is CC[C@@H]1CN2CC[C@@]3(O)C(=Nc4ccc(F)c(OC)c43)[C@@H]2C[C@@H]1/C(=C\OC)C(=O)OC. The quantitative estimate of drug-likeness (QED) is 0.438. The van der Waals surface area contributed by atoms with Crippen molar-refractivity contribution in [1.29, 1.82) is 0 Å². The van der Waals surface area contributed by atoms with Crippen LogP contribution in [-0.4, -0.2) is 62.1 Å². The average Bonchev–Trinajstić information content (AvgIpc) is 3.09. The number of carbonyl (C=O) groups is 1. The number of hydrogen-bond acceptors (Lipinski definition) is 7. The summed E-state index contributed by atoms with van der Waals surface area (Å²) < 4.78 is 29.9. The summed E-state index contributed by atoms with van der Waals surface area (Å²) in [6.07, 6.45) is 3.35. The Kier molecular flexibility index (Phi) is 5.79. The summed E-state index contributed by atoms with van der Waals surface area (Å²) in [5.74, 6) is -0.756. The molecule has 0 radical (unpaired) electrons. The van der Waals surface area contributed by atoms with Crippen LogP contribution in [0.25, 0.3) is 0 Å². The van der Waals surface area contributed by atoms with E-state index in [1.807, 2.05) is 0 Å². The molecule has 4 rings (SSSR count). The number of halogens is 1. The second kappa shape index (κ2) is 8.24. The minimum Gasteiger partial charge on any atom is -0.504 e. The maximum absolute atomic E-state index is 14.4. The molecule has 2 fully saturated rings. The Hall–Kier alpha value is -2.45. The Morgan fingerprint density at radius 1 is 1.39 bits per heavy atom. The van der Waals surface area contributed by atoms with Crippen LogP contribution in [0.2, 0.25) is 0 Å². The Balaban J connectivity index is 1.74. The van der Waals surface area contributed by atoms with Gasteiger partial charge >= 0.3 is 5.97 Å². The fourth-order valence-corrected chi connectivity index (χ4v) is 5.49. The van der Waals surface area contributed by atoms with E-state index in [4.69, 9.17) is 19.2 Å². The molecule has 0 saturated carbocycles. The van der Waals surface area contributed by atoms with Gasteiger partial charge in [0.1, 0.15) is 5.60 Å². The second-order valence-corrected chi connectivity index (χ2v) is 8.40. The first kappa shape index (κ1) is 21.8. The summed E-state index contributed by atoms with van der Waals surface area (Å²) in [6.45, 7) is 3.52. The summed E-state index contributed by atoms with van der Waals surface area (Å²) in [5, 5.41) is 11.7. The molecule has 0 unspecified atom stereocenters. The molecule has 3 aliphatic rings. The minimum atomic E-state index is -1.38. The molecule has 0 aromatic heterocycles. The van der Waals surface area contributed by atoms with Gasteiger partial charge in [-0.1, -0.05) is 13.3 Å². The molecular weight excluding hydrogens is 403 g/mol. The highest BCUT2D eigenvalue weighted by Gasteiger charge is 2.54. The molecule has 7 nitrogen and oxygen atoms in total. The van der Waals surface area contributed by atoms with Crippen molar-refractivity contribution in [1.82, 2.24) is 4.90 Å². The van der Waals surface area contributed by atoms with Crippen LogP contribution in [0, 0.1) is 17.7 Å². The van der Waals surface area contributed by atoms with Gasteiger partial charge in [-0.15, -0.1) is 0 Å². The summed E-state index contributed by atoms with van der Waals surface area (Å²) >= 11 is 0. The van der Waals surface area contributed by atoms with E-state index in [0.717, 1.165) is 13.0 Å². The molecule has 3 heterocycles. The minimum absolute atomic E-state index is 0.0422. The number of benzene rings is 1. The highest BCUT2D eigenvalue weighted by atomic mass is 19.1. The summed E-state index contributed by atoms with van der Waals surface area (Å²) in [5.41, 5.74) is 0.639. The molecule has 0 aliphatic carbocycles. The van der Waals surface area contributed by atoms with Crippen molar-refractivity contribution in [3.05, 3.63) is 35.3 Å². The zero-order valence-electron chi connectivity index (χ0n) is 18.4. The van der Waals surface area contributed by atoms with Crippen LogP contribution in [0.1, 0.15) is 31.7 Å². The largest absolute Gasteiger partial charge is 0.504 e. The summed E-state index contributed by atoms with van der Waals surface area (Å²) in [6, 6.07) is 2.71. The molecule has 3 aliphatic heterocycles. The van der Waals surface area contributed by atoms with E-state index in [-0.39, 0.29) is 23.6 Å². The number of methoxy groups -OCH3 is 3. The Morgan fingerprint density at radius 2 is 2.16 bits per heavy atom. The Bertz CT molecular complexity index is 946. The van der Waals surface area contributed by atoms with Gasteiger partial charge in [-0.2, -0.15) is 0 Å². The van der Waals surface area contributed by atoms with Gasteiger partial charge in [0, 0.05) is 13.1 Å². The average molecular weight is 432 g/mol. The van der Waals surface area contributed by atoms with Crippen LogP contribution >= 0.6 is 0 Å². The third kappa shape index (κ3) is 3.32. The fraction of sp³-hybridized carbons (Fsp3) is 0.565. The van der Waals surface area contributed by atoms with Crippen molar-refractivity contribution >= 4 is 17.4 Å². The number of ether oxygens (including phenoxy) is 3. The van der Waals surface area contributed by atoms with Gasteiger partial charge < -0.3 is 19.3 Å². The summed E-state index contributed by atoms with van der Waals surface area (Å²) in [4.78, 5) is 19.6. The molecule has 31 heavy (non-hydrogen) atoms. The van der Waals surface area contributed by atoms with Crippen LogP contribution in [0.3, 0.4) is 0 Å². The number of fused-ring (bicyclic) bond motifs is 5. The topological polar surface area (TPSA) is 80.6 Å². The van der Waals surface area contributed by atoms with E-state index < -0.39 is 17.4 Å². The lowest BCUT2D eigenvalue weighted by molar-refractivity contribution is -0.137. The van der Waals surface area contributed by atoms with Crippen molar-refractivity contribution in [3.8, 4) is 5.75 Å². The highest BCUT2D eigenvalue weighted by molar-refractivity contribution is 6.05. The Morgan fingerprint density at radius 3 is 2.81 bits per heavy atom. The maximum atomic E-state index is 14.4. The number of aliphatic hydroxyl groups is 1. The lowest BCUT2D eigenvalue weighted by Gasteiger charge is -2.50. The number of piperidine rings is 2. The van der Waals surface area contributed by atoms with Gasteiger partial charge in [0.2, 0.25) is 0 Å². The van der Waals surface area contributed by atoms with Gasteiger partial charge in [-0.05, 0) is 36.8 Å². The second-order valence-electron chi connectivity index (χ2n) is 8.40. The zero-order valence-corrected chi connectivity index (χ0v) is 18.4. The monoisotopic (exact) mass is 432 g/mol. The van der Waals surface area contributed by atoms with Crippen molar-refractivity contribution in [3.63, 3.8) is 0 Å². The number of carbonyl (C=O) groups excluding carboxylic acids is 1. The van der Waals surface area contributed by atoms with E-state index in [9.17, 15) is 14.3 Å². The van der Waals surface area contributed by atoms with Gasteiger partial charge in [-0.25, -0.2) is 9.18 Å². The maximum Gasteiger partial charge on any atom is 0.337 e. The number of rotatable bonds is 5. The molecule has 168 valence electrons. The van der Waals surface area contributed by atoms with Crippen molar-refractivity contribution in [2.75, 3.05) is 34.4 Å². The fourth-order valence-electron chi connectivity index (χ4n) is 5.49. The first-order valence-corrected chi connectivity index (χ1v) is 10.6. The van der Waals surface area contributed by atoms with E-state index in [1.165, 1.54) is 33.7 Å². The molecule has 1 aromatic rings. The van der Waals surface area contributed by atoms with E-state index in [0.29, 0.717) is 41.9 Å². The molecule has 0 bridgehead atoms. The Labute approximate surface area is 181 Å². The molecule has 0 amide bonds. The normalized spacial score (nSPS) is 30.1. The highest BCUT2D eigenvalue weighted by Crippen LogP contribution is 2.52. The predicted octanol–water partition coefficient (Wildman–Crippen LogP) is 2.93.